The molecule has 0 unspecified atom stereocenters. The third-order valence-electron chi connectivity index (χ3n) is 1.35. The van der Waals surface area contributed by atoms with Crippen LogP contribution in [0.2, 0.25) is 0 Å². The van der Waals surface area contributed by atoms with Crippen molar-refractivity contribution in [1.82, 2.24) is 0 Å². The highest BCUT2D eigenvalue weighted by Crippen LogP contribution is 2.14. The van der Waals surface area contributed by atoms with Gasteiger partial charge in [0, 0.05) is 0 Å². The van der Waals surface area contributed by atoms with Gasteiger partial charge >= 0.3 is 5.97 Å². The Hall–Kier alpha value is -1.03. The van der Waals surface area contributed by atoms with Gasteiger partial charge in [0.25, 0.3) is 0 Å². The average Bonchev–Trinajstić information content (AvgIpc) is 2.49. The Balaban J connectivity index is 2.29. The largest absolute Gasteiger partial charge is 0.459 e. The molecule has 0 atom stereocenters. The van der Waals surface area contributed by atoms with Crippen molar-refractivity contribution in [3.05, 3.63) is 17.5 Å². The molecule has 0 amide bonds. The van der Waals surface area contributed by atoms with Crippen molar-refractivity contribution in [2.75, 3.05) is 11.9 Å². The quantitative estimate of drug-likeness (QED) is 0.784. The van der Waals surface area contributed by atoms with E-state index in [4.69, 9.17) is 4.74 Å². The summed E-state index contributed by atoms with van der Waals surface area (Å²) in [5.74, 6) is -0.231. The molecule has 0 saturated carbocycles. The van der Waals surface area contributed by atoms with Crippen molar-refractivity contribution in [3.8, 4) is 0 Å². The predicted molar refractivity (Wildman–Crippen MR) is 58.7 cm³/mol. The lowest BCUT2D eigenvalue weighted by atomic mass is 10.2. The van der Waals surface area contributed by atoms with Crippen LogP contribution in [0.4, 0.5) is 5.00 Å². The molecule has 1 heterocycles. The van der Waals surface area contributed by atoms with Gasteiger partial charge in [0.2, 0.25) is 0 Å². The summed E-state index contributed by atoms with van der Waals surface area (Å²) in [5, 5.41) is 5.93. The maximum atomic E-state index is 11.3. The number of hydrogen-bond acceptors (Lipinski definition) is 4. The molecular formula is C10H15NO2S. The number of nitrogens with one attached hydrogen (secondary N) is 1. The van der Waals surface area contributed by atoms with E-state index >= 15 is 0 Å². The van der Waals surface area contributed by atoms with Crippen LogP contribution in [0.3, 0.4) is 0 Å². The lowest BCUT2D eigenvalue weighted by Crippen LogP contribution is -2.27. The molecule has 1 aromatic rings. The SMILES string of the molecule is CC(C)(C)OC(=O)CNc1cccs1. The Morgan fingerprint density at radius 3 is 2.79 bits per heavy atom. The molecule has 0 spiro atoms. The minimum atomic E-state index is -0.409. The Kier molecular flexibility index (Phi) is 3.52. The van der Waals surface area contributed by atoms with E-state index in [2.05, 4.69) is 5.32 Å². The number of rotatable bonds is 3. The average molecular weight is 213 g/mol. The molecule has 0 aliphatic carbocycles. The molecule has 14 heavy (non-hydrogen) atoms. The fourth-order valence-electron chi connectivity index (χ4n) is 0.916. The number of anilines is 1. The third kappa shape index (κ3) is 4.28. The fourth-order valence-corrected chi connectivity index (χ4v) is 1.53. The Labute approximate surface area is 88.1 Å². The molecule has 4 heteroatoms. The topological polar surface area (TPSA) is 38.3 Å². The van der Waals surface area contributed by atoms with Gasteiger partial charge in [-0.2, -0.15) is 0 Å². The van der Waals surface area contributed by atoms with Crippen molar-refractivity contribution >= 4 is 22.3 Å². The second-order valence-electron chi connectivity index (χ2n) is 3.92. The molecule has 0 bridgehead atoms. The lowest BCUT2D eigenvalue weighted by Gasteiger charge is -2.19. The first-order valence-corrected chi connectivity index (χ1v) is 5.34. The smallest absolute Gasteiger partial charge is 0.325 e. The Morgan fingerprint density at radius 1 is 1.57 bits per heavy atom. The van der Waals surface area contributed by atoms with Crippen molar-refractivity contribution in [3.63, 3.8) is 0 Å². The zero-order chi connectivity index (χ0) is 10.6. The Bertz CT molecular complexity index is 288. The van der Waals surface area contributed by atoms with Gasteiger partial charge in [0.15, 0.2) is 0 Å². The Morgan fingerprint density at radius 2 is 2.29 bits per heavy atom. The molecule has 0 saturated heterocycles. The van der Waals surface area contributed by atoms with Crippen LogP contribution >= 0.6 is 11.3 Å². The summed E-state index contributed by atoms with van der Waals surface area (Å²) in [6, 6.07) is 3.86. The van der Waals surface area contributed by atoms with Gasteiger partial charge in [0.05, 0.1) is 5.00 Å². The molecule has 1 rings (SSSR count). The second-order valence-corrected chi connectivity index (χ2v) is 4.86. The monoisotopic (exact) mass is 213 g/mol. The van der Waals surface area contributed by atoms with E-state index in [1.54, 1.807) is 11.3 Å². The molecule has 0 fully saturated rings. The summed E-state index contributed by atoms with van der Waals surface area (Å²) < 4.78 is 5.14. The van der Waals surface area contributed by atoms with Crippen LogP contribution in [0.25, 0.3) is 0 Å². The van der Waals surface area contributed by atoms with Gasteiger partial charge in [-0.15, -0.1) is 11.3 Å². The third-order valence-corrected chi connectivity index (χ3v) is 2.18. The standard InChI is InChI=1S/C10H15NO2S/c1-10(2,3)13-9(12)7-11-8-5-4-6-14-8/h4-6,11H,7H2,1-3H3. The van der Waals surface area contributed by atoms with E-state index in [0.717, 1.165) is 5.00 Å². The highest BCUT2D eigenvalue weighted by molar-refractivity contribution is 7.14. The molecule has 0 radical (unpaired) electrons. The summed E-state index contributed by atoms with van der Waals surface area (Å²) in [5.41, 5.74) is -0.409. The lowest BCUT2D eigenvalue weighted by molar-refractivity contribution is -0.152. The van der Waals surface area contributed by atoms with E-state index in [0.29, 0.717) is 0 Å². The van der Waals surface area contributed by atoms with Gasteiger partial charge in [-0.3, -0.25) is 4.79 Å². The van der Waals surface area contributed by atoms with Gasteiger partial charge < -0.3 is 10.1 Å². The number of carbonyl (C=O) groups excluding carboxylic acids is 1. The zero-order valence-corrected chi connectivity index (χ0v) is 9.48. The van der Waals surface area contributed by atoms with Crippen molar-refractivity contribution in [2.45, 2.75) is 26.4 Å². The maximum absolute atomic E-state index is 11.3. The molecule has 3 nitrogen and oxygen atoms in total. The molecular weight excluding hydrogens is 198 g/mol. The van der Waals surface area contributed by atoms with Crippen LogP contribution in [0.5, 0.6) is 0 Å². The van der Waals surface area contributed by atoms with Crippen molar-refractivity contribution in [1.29, 1.82) is 0 Å². The van der Waals surface area contributed by atoms with E-state index < -0.39 is 5.60 Å². The molecule has 1 aromatic heterocycles. The molecule has 1 N–H and O–H groups in total. The van der Waals surface area contributed by atoms with Gasteiger partial charge in [-0.05, 0) is 38.3 Å². The summed E-state index contributed by atoms with van der Waals surface area (Å²) >= 11 is 1.56. The van der Waals surface area contributed by atoms with E-state index in [1.165, 1.54) is 0 Å². The predicted octanol–water partition coefficient (Wildman–Crippen LogP) is 2.50. The summed E-state index contributed by atoms with van der Waals surface area (Å²) in [7, 11) is 0. The normalized spacial score (nSPS) is 11.1. The van der Waals surface area contributed by atoms with E-state index in [1.807, 2.05) is 38.3 Å². The van der Waals surface area contributed by atoms with Gasteiger partial charge in [-0.1, -0.05) is 0 Å². The molecule has 0 aliphatic heterocycles. The van der Waals surface area contributed by atoms with Crippen LogP contribution in [0.1, 0.15) is 20.8 Å². The van der Waals surface area contributed by atoms with Crippen LogP contribution in [0.15, 0.2) is 17.5 Å². The van der Waals surface area contributed by atoms with Crippen molar-refractivity contribution in [2.24, 2.45) is 0 Å². The highest BCUT2D eigenvalue weighted by atomic mass is 32.1. The van der Waals surface area contributed by atoms with E-state index in [-0.39, 0.29) is 12.5 Å². The van der Waals surface area contributed by atoms with E-state index in [9.17, 15) is 4.79 Å². The number of hydrogen-bond donors (Lipinski definition) is 1. The number of esters is 1. The van der Waals surface area contributed by atoms with Crippen LogP contribution < -0.4 is 5.32 Å². The minimum Gasteiger partial charge on any atom is -0.459 e. The van der Waals surface area contributed by atoms with Crippen LogP contribution in [-0.4, -0.2) is 18.1 Å². The first-order valence-electron chi connectivity index (χ1n) is 4.46. The van der Waals surface area contributed by atoms with Crippen molar-refractivity contribution < 1.29 is 9.53 Å². The molecule has 0 aromatic carbocycles. The molecule has 0 aliphatic rings. The highest BCUT2D eigenvalue weighted by Gasteiger charge is 2.15. The van der Waals surface area contributed by atoms with Gasteiger partial charge in [0.1, 0.15) is 12.1 Å². The first-order chi connectivity index (χ1) is 6.47. The maximum Gasteiger partial charge on any atom is 0.325 e. The summed E-state index contributed by atoms with van der Waals surface area (Å²) in [6.07, 6.45) is 0. The molecule has 78 valence electrons. The number of thiophene rings is 1. The first kappa shape index (κ1) is 11.0. The van der Waals surface area contributed by atoms with Gasteiger partial charge in [-0.25, -0.2) is 0 Å². The number of ether oxygens (including phenoxy) is 1. The number of carbonyl (C=O) groups is 1. The fraction of sp³-hybridized carbons (Fsp3) is 0.500. The van der Waals surface area contributed by atoms with Crippen LogP contribution in [0, 0.1) is 0 Å². The minimum absolute atomic E-state index is 0.220. The summed E-state index contributed by atoms with van der Waals surface area (Å²) in [4.78, 5) is 11.3. The van der Waals surface area contributed by atoms with Crippen LogP contribution in [-0.2, 0) is 9.53 Å². The second kappa shape index (κ2) is 4.46. The zero-order valence-electron chi connectivity index (χ0n) is 8.66. The summed E-state index contributed by atoms with van der Waals surface area (Å²) in [6.45, 7) is 5.79.